The van der Waals surface area contributed by atoms with E-state index in [1.54, 1.807) is 0 Å². The van der Waals surface area contributed by atoms with Gasteiger partial charge in [0.1, 0.15) is 5.82 Å². The lowest BCUT2D eigenvalue weighted by Gasteiger charge is -2.31. The lowest BCUT2D eigenvalue weighted by Crippen LogP contribution is -2.42. The van der Waals surface area contributed by atoms with Crippen molar-refractivity contribution in [1.29, 1.82) is 0 Å². The maximum absolute atomic E-state index is 5.57. The van der Waals surface area contributed by atoms with Gasteiger partial charge < -0.3 is 20.9 Å². The van der Waals surface area contributed by atoms with Crippen molar-refractivity contribution >= 4 is 50.7 Å². The van der Waals surface area contributed by atoms with E-state index in [4.69, 9.17) is 22.2 Å². The molecular formula is C24H33BrN6S. The van der Waals surface area contributed by atoms with Crippen molar-refractivity contribution in [2.75, 3.05) is 29.6 Å². The van der Waals surface area contributed by atoms with Crippen LogP contribution in [-0.2, 0) is 12.8 Å². The van der Waals surface area contributed by atoms with E-state index in [1.807, 2.05) is 6.07 Å². The number of hydrogen-bond acceptors (Lipinski definition) is 5. The average Bonchev–Trinajstić information content (AvgIpc) is 2.76. The van der Waals surface area contributed by atoms with E-state index in [9.17, 15) is 0 Å². The third-order valence-electron chi connectivity index (χ3n) is 6.42. The first-order valence-corrected chi connectivity index (χ1v) is 12.8. The molecule has 1 aromatic heterocycles. The van der Waals surface area contributed by atoms with Crippen molar-refractivity contribution < 1.29 is 0 Å². The van der Waals surface area contributed by atoms with E-state index in [-0.39, 0.29) is 0 Å². The van der Waals surface area contributed by atoms with E-state index >= 15 is 0 Å². The standard InChI is InChI=1S/C24H33BrN6S/c1-15-14-16(25)8-13-20(15)29-24(32)27-18-11-9-17(10-12-18)26-23-28-21-7-5-4-6-19(21)22(30-23)31(2)3/h8,13-14,17-18H,4-7,9-12H2,1-3H3,(H,26,28,30)(H2,27,29,32). The number of nitrogens with zero attached hydrogens (tertiary/aromatic N) is 3. The summed E-state index contributed by atoms with van der Waals surface area (Å²) >= 11 is 9.07. The molecule has 0 amide bonds. The largest absolute Gasteiger partial charge is 0.362 e. The van der Waals surface area contributed by atoms with Gasteiger partial charge >= 0.3 is 0 Å². The predicted octanol–water partition coefficient (Wildman–Crippen LogP) is 5.20. The molecule has 0 saturated heterocycles. The Bertz CT molecular complexity index is 971. The number of fused-ring (bicyclic) bond motifs is 1. The second-order valence-corrected chi connectivity index (χ2v) is 10.5. The topological polar surface area (TPSA) is 65.1 Å². The van der Waals surface area contributed by atoms with Crippen LogP contribution >= 0.6 is 28.1 Å². The molecular weight excluding hydrogens is 484 g/mol. The van der Waals surface area contributed by atoms with Crippen molar-refractivity contribution in [2.45, 2.75) is 70.4 Å². The monoisotopic (exact) mass is 516 g/mol. The van der Waals surface area contributed by atoms with Crippen LogP contribution in [0.5, 0.6) is 0 Å². The fourth-order valence-corrected chi connectivity index (χ4v) is 5.44. The van der Waals surface area contributed by atoms with Gasteiger partial charge in [-0.15, -0.1) is 0 Å². The molecule has 6 nitrogen and oxygen atoms in total. The minimum Gasteiger partial charge on any atom is -0.362 e. The van der Waals surface area contributed by atoms with Gasteiger partial charge in [0.15, 0.2) is 5.11 Å². The summed E-state index contributed by atoms with van der Waals surface area (Å²) in [5.74, 6) is 1.86. The Morgan fingerprint density at radius 3 is 2.50 bits per heavy atom. The number of nitrogens with one attached hydrogen (secondary N) is 3. The van der Waals surface area contributed by atoms with Crippen molar-refractivity contribution in [2.24, 2.45) is 0 Å². The smallest absolute Gasteiger partial charge is 0.225 e. The van der Waals surface area contributed by atoms with E-state index < -0.39 is 0 Å². The molecule has 2 aliphatic carbocycles. The highest BCUT2D eigenvalue weighted by molar-refractivity contribution is 9.10. The summed E-state index contributed by atoms with van der Waals surface area (Å²) in [5.41, 5.74) is 4.77. The summed E-state index contributed by atoms with van der Waals surface area (Å²) in [6, 6.07) is 6.96. The SMILES string of the molecule is Cc1cc(Br)ccc1NC(=S)NC1CCC(Nc2nc3c(c(N(C)C)n2)CCCC3)CC1. The molecule has 8 heteroatoms. The van der Waals surface area contributed by atoms with Crippen LogP contribution in [0.15, 0.2) is 22.7 Å². The maximum Gasteiger partial charge on any atom is 0.225 e. The quantitative estimate of drug-likeness (QED) is 0.471. The van der Waals surface area contributed by atoms with Crippen LogP contribution in [0.2, 0.25) is 0 Å². The minimum absolute atomic E-state index is 0.394. The first-order chi connectivity index (χ1) is 15.4. The van der Waals surface area contributed by atoms with Crippen LogP contribution < -0.4 is 20.9 Å². The number of benzene rings is 1. The summed E-state index contributed by atoms with van der Waals surface area (Å²) in [5, 5.41) is 11.2. The van der Waals surface area contributed by atoms with E-state index in [1.165, 1.54) is 29.7 Å². The molecule has 1 aromatic carbocycles. The summed E-state index contributed by atoms with van der Waals surface area (Å²) in [7, 11) is 4.15. The van der Waals surface area contributed by atoms with Gasteiger partial charge in [0.2, 0.25) is 5.95 Å². The highest BCUT2D eigenvalue weighted by Crippen LogP contribution is 2.29. The fourth-order valence-electron chi connectivity index (χ4n) is 4.68. The Labute approximate surface area is 205 Å². The van der Waals surface area contributed by atoms with Crippen molar-refractivity contribution in [3.8, 4) is 0 Å². The molecule has 32 heavy (non-hydrogen) atoms. The van der Waals surface area contributed by atoms with E-state index in [2.05, 4.69) is 69.9 Å². The van der Waals surface area contributed by atoms with Gasteiger partial charge in [0.05, 0.1) is 5.69 Å². The number of hydrogen-bond donors (Lipinski definition) is 3. The van der Waals surface area contributed by atoms with Gasteiger partial charge in [-0.3, -0.25) is 0 Å². The van der Waals surface area contributed by atoms with E-state index in [0.29, 0.717) is 17.2 Å². The molecule has 1 fully saturated rings. The van der Waals surface area contributed by atoms with Crippen LogP contribution in [0.4, 0.5) is 17.5 Å². The normalized spacial score (nSPS) is 20.2. The fraction of sp³-hybridized carbons (Fsp3) is 0.542. The van der Waals surface area contributed by atoms with Crippen molar-refractivity contribution in [1.82, 2.24) is 15.3 Å². The van der Waals surface area contributed by atoms with Crippen molar-refractivity contribution in [3.05, 3.63) is 39.5 Å². The Kier molecular flexibility index (Phi) is 7.51. The van der Waals surface area contributed by atoms with Crippen LogP contribution in [0.3, 0.4) is 0 Å². The van der Waals surface area contributed by atoms with Crippen LogP contribution in [0.25, 0.3) is 0 Å². The Balaban J connectivity index is 1.30. The number of aromatic nitrogens is 2. The summed E-state index contributed by atoms with van der Waals surface area (Å²) < 4.78 is 1.07. The molecule has 2 aromatic rings. The third kappa shape index (κ3) is 5.70. The highest BCUT2D eigenvalue weighted by atomic mass is 79.9. The Morgan fingerprint density at radius 2 is 1.78 bits per heavy atom. The van der Waals surface area contributed by atoms with Gasteiger partial charge in [0, 0.05) is 41.9 Å². The van der Waals surface area contributed by atoms with Crippen LogP contribution in [0, 0.1) is 6.92 Å². The van der Waals surface area contributed by atoms with Gasteiger partial charge in [-0.1, -0.05) is 15.9 Å². The van der Waals surface area contributed by atoms with Crippen LogP contribution in [-0.4, -0.2) is 41.3 Å². The maximum atomic E-state index is 5.57. The minimum atomic E-state index is 0.394. The molecule has 4 rings (SSSR count). The predicted molar refractivity (Wildman–Crippen MR) is 141 cm³/mol. The molecule has 1 saturated carbocycles. The Hall–Kier alpha value is -1.93. The molecule has 0 unspecified atom stereocenters. The van der Waals surface area contributed by atoms with E-state index in [0.717, 1.165) is 60.5 Å². The van der Waals surface area contributed by atoms with Gasteiger partial charge in [-0.05, 0) is 94.3 Å². The molecule has 3 N–H and O–H groups in total. The third-order valence-corrected chi connectivity index (χ3v) is 7.13. The van der Waals surface area contributed by atoms with Gasteiger partial charge in [-0.2, -0.15) is 4.98 Å². The summed E-state index contributed by atoms with van der Waals surface area (Å²) in [4.78, 5) is 11.9. The van der Waals surface area contributed by atoms with Crippen LogP contribution in [0.1, 0.15) is 55.3 Å². The number of anilines is 3. The number of thiocarbonyl (C=S) groups is 1. The molecule has 0 spiro atoms. The number of halogens is 1. The lowest BCUT2D eigenvalue weighted by atomic mass is 9.91. The molecule has 2 aliphatic rings. The zero-order chi connectivity index (χ0) is 22.7. The summed E-state index contributed by atoms with van der Waals surface area (Å²) in [6.45, 7) is 2.08. The lowest BCUT2D eigenvalue weighted by molar-refractivity contribution is 0.387. The zero-order valence-electron chi connectivity index (χ0n) is 19.2. The number of rotatable bonds is 5. The van der Waals surface area contributed by atoms with Crippen molar-refractivity contribution in [3.63, 3.8) is 0 Å². The Morgan fingerprint density at radius 1 is 1.06 bits per heavy atom. The molecule has 172 valence electrons. The molecule has 0 aliphatic heterocycles. The first-order valence-electron chi connectivity index (χ1n) is 11.6. The summed E-state index contributed by atoms with van der Waals surface area (Å²) in [6.07, 6.45) is 8.92. The van der Waals surface area contributed by atoms with Gasteiger partial charge in [0.25, 0.3) is 0 Å². The molecule has 0 radical (unpaired) electrons. The molecule has 1 heterocycles. The second kappa shape index (κ2) is 10.3. The number of aryl methyl sites for hydroxylation is 2. The molecule has 0 atom stereocenters. The first kappa shape index (κ1) is 23.2. The van der Waals surface area contributed by atoms with Gasteiger partial charge in [-0.25, -0.2) is 4.98 Å². The highest BCUT2D eigenvalue weighted by Gasteiger charge is 2.24. The zero-order valence-corrected chi connectivity index (χ0v) is 21.6. The molecule has 0 bridgehead atoms. The average molecular weight is 518 g/mol. The second-order valence-electron chi connectivity index (χ2n) is 9.15.